The van der Waals surface area contributed by atoms with E-state index in [1.165, 1.54) is 0 Å². The molecular formula is C18H25N3O5. The van der Waals surface area contributed by atoms with Gasteiger partial charge in [0.25, 0.3) is 0 Å². The van der Waals surface area contributed by atoms with Gasteiger partial charge >= 0.3 is 0 Å². The van der Waals surface area contributed by atoms with Crippen LogP contribution in [-0.4, -0.2) is 63.4 Å². The number of nitrogens with zero attached hydrogens (tertiary/aromatic N) is 1. The standard InChI is InChI=1S/C18H25N3O5/c1-25-14-4-13(5-15(6-14)26-2)21-10-11(3-17(21)23)18(24)20-8-12-7-19-9-16(12)22/h4-6,11-12,16,19,22H,3,7-10H2,1-2H3,(H,20,24). The van der Waals surface area contributed by atoms with Gasteiger partial charge in [0.15, 0.2) is 0 Å². The number of aliphatic hydroxyl groups is 1. The summed E-state index contributed by atoms with van der Waals surface area (Å²) in [7, 11) is 3.10. The predicted octanol–water partition coefficient (Wildman–Crippen LogP) is -0.247. The molecule has 2 amide bonds. The lowest BCUT2D eigenvalue weighted by molar-refractivity contribution is -0.126. The fraction of sp³-hybridized carbons (Fsp3) is 0.556. The molecule has 0 spiro atoms. The number of hydrogen-bond donors (Lipinski definition) is 3. The molecule has 2 aliphatic rings. The van der Waals surface area contributed by atoms with Crippen molar-refractivity contribution < 1.29 is 24.2 Å². The third kappa shape index (κ3) is 3.91. The Hall–Kier alpha value is -2.32. The second-order valence-electron chi connectivity index (χ2n) is 6.71. The Morgan fingerprint density at radius 1 is 1.27 bits per heavy atom. The van der Waals surface area contributed by atoms with Gasteiger partial charge in [-0.05, 0) is 0 Å². The number of anilines is 1. The highest BCUT2D eigenvalue weighted by Gasteiger charge is 2.36. The van der Waals surface area contributed by atoms with Gasteiger partial charge in [-0.15, -0.1) is 0 Å². The summed E-state index contributed by atoms with van der Waals surface area (Å²) < 4.78 is 10.5. The molecule has 0 bridgehead atoms. The van der Waals surface area contributed by atoms with Crippen LogP contribution in [-0.2, 0) is 9.59 Å². The average Bonchev–Trinajstić information content (AvgIpc) is 3.24. The van der Waals surface area contributed by atoms with Crippen molar-refractivity contribution in [2.24, 2.45) is 11.8 Å². The van der Waals surface area contributed by atoms with Gasteiger partial charge in [-0.3, -0.25) is 9.59 Å². The molecule has 0 saturated carbocycles. The number of amides is 2. The number of carbonyl (C=O) groups excluding carboxylic acids is 2. The molecule has 1 aromatic rings. The Bertz CT molecular complexity index is 659. The molecule has 3 N–H and O–H groups in total. The van der Waals surface area contributed by atoms with Crippen LogP contribution in [0.4, 0.5) is 5.69 Å². The fourth-order valence-corrected chi connectivity index (χ4v) is 3.38. The molecule has 0 radical (unpaired) electrons. The monoisotopic (exact) mass is 363 g/mol. The van der Waals surface area contributed by atoms with Crippen LogP contribution in [0.3, 0.4) is 0 Å². The zero-order valence-electron chi connectivity index (χ0n) is 15.0. The number of β-amino-alcohol motifs (C(OH)–C–C–N with tert-alkyl or cyclic N) is 1. The minimum absolute atomic E-state index is 0.00908. The normalized spacial score (nSPS) is 25.4. The van der Waals surface area contributed by atoms with Crippen molar-refractivity contribution in [2.75, 3.05) is 45.3 Å². The van der Waals surface area contributed by atoms with E-state index < -0.39 is 12.0 Å². The molecule has 3 rings (SSSR count). The number of carbonyl (C=O) groups is 2. The van der Waals surface area contributed by atoms with E-state index in [-0.39, 0.29) is 24.2 Å². The lowest BCUT2D eigenvalue weighted by atomic mass is 10.0. The van der Waals surface area contributed by atoms with Crippen molar-refractivity contribution in [3.05, 3.63) is 18.2 Å². The summed E-state index contributed by atoms with van der Waals surface area (Å²) in [5.74, 6) is 0.504. The van der Waals surface area contributed by atoms with Crippen LogP contribution in [0, 0.1) is 11.8 Å². The zero-order valence-corrected chi connectivity index (χ0v) is 15.0. The Balaban J connectivity index is 1.63. The van der Waals surface area contributed by atoms with Crippen LogP contribution in [0.15, 0.2) is 18.2 Å². The van der Waals surface area contributed by atoms with Crippen molar-refractivity contribution in [3.8, 4) is 11.5 Å². The maximum atomic E-state index is 12.4. The van der Waals surface area contributed by atoms with Gasteiger partial charge in [0.1, 0.15) is 11.5 Å². The Kier molecular flexibility index (Phi) is 5.63. The summed E-state index contributed by atoms with van der Waals surface area (Å²) in [6.45, 7) is 1.95. The van der Waals surface area contributed by atoms with E-state index in [1.807, 2.05) is 0 Å². The van der Waals surface area contributed by atoms with Crippen LogP contribution in [0.5, 0.6) is 11.5 Å². The first-order chi connectivity index (χ1) is 12.5. The number of rotatable bonds is 6. The molecule has 2 saturated heterocycles. The second-order valence-corrected chi connectivity index (χ2v) is 6.71. The quantitative estimate of drug-likeness (QED) is 0.645. The minimum Gasteiger partial charge on any atom is -0.497 e. The molecule has 2 heterocycles. The third-order valence-corrected chi connectivity index (χ3v) is 4.99. The van der Waals surface area contributed by atoms with Gasteiger partial charge in [-0.25, -0.2) is 0 Å². The number of hydrogen-bond acceptors (Lipinski definition) is 6. The minimum atomic E-state index is -0.443. The smallest absolute Gasteiger partial charge is 0.227 e. The molecule has 2 aliphatic heterocycles. The van der Waals surface area contributed by atoms with Crippen molar-refractivity contribution in [2.45, 2.75) is 12.5 Å². The summed E-state index contributed by atoms with van der Waals surface area (Å²) >= 11 is 0. The number of benzene rings is 1. The van der Waals surface area contributed by atoms with E-state index in [1.54, 1.807) is 37.3 Å². The van der Waals surface area contributed by atoms with Crippen molar-refractivity contribution in [1.82, 2.24) is 10.6 Å². The van der Waals surface area contributed by atoms with Crippen molar-refractivity contribution in [3.63, 3.8) is 0 Å². The summed E-state index contributed by atoms with van der Waals surface area (Å²) in [4.78, 5) is 26.4. The highest BCUT2D eigenvalue weighted by molar-refractivity contribution is 6.00. The third-order valence-electron chi connectivity index (χ3n) is 4.99. The first-order valence-corrected chi connectivity index (χ1v) is 8.71. The maximum Gasteiger partial charge on any atom is 0.227 e. The van der Waals surface area contributed by atoms with Gasteiger partial charge in [0, 0.05) is 56.7 Å². The van der Waals surface area contributed by atoms with E-state index in [4.69, 9.17) is 9.47 Å². The largest absolute Gasteiger partial charge is 0.497 e. The number of nitrogens with one attached hydrogen (secondary N) is 2. The topological polar surface area (TPSA) is 100 Å². The molecule has 26 heavy (non-hydrogen) atoms. The number of methoxy groups -OCH3 is 2. The Morgan fingerprint density at radius 3 is 2.54 bits per heavy atom. The van der Waals surface area contributed by atoms with Crippen LogP contribution < -0.4 is 25.0 Å². The molecule has 0 aliphatic carbocycles. The zero-order chi connectivity index (χ0) is 18.7. The number of ether oxygens (including phenoxy) is 2. The van der Waals surface area contributed by atoms with Gasteiger partial charge in [0.05, 0.1) is 31.9 Å². The van der Waals surface area contributed by atoms with Gasteiger partial charge in [-0.2, -0.15) is 0 Å². The molecule has 8 nitrogen and oxygen atoms in total. The molecule has 0 aromatic heterocycles. The highest BCUT2D eigenvalue weighted by atomic mass is 16.5. The van der Waals surface area contributed by atoms with E-state index in [2.05, 4.69) is 10.6 Å². The second kappa shape index (κ2) is 7.92. The van der Waals surface area contributed by atoms with Gasteiger partial charge in [0.2, 0.25) is 11.8 Å². The van der Waals surface area contributed by atoms with Crippen LogP contribution in [0.1, 0.15) is 6.42 Å². The molecule has 2 fully saturated rings. The molecule has 3 unspecified atom stereocenters. The molecule has 3 atom stereocenters. The Labute approximate surface area is 152 Å². The van der Waals surface area contributed by atoms with Crippen molar-refractivity contribution in [1.29, 1.82) is 0 Å². The first kappa shape index (κ1) is 18.5. The van der Waals surface area contributed by atoms with E-state index in [9.17, 15) is 14.7 Å². The summed E-state index contributed by atoms with van der Waals surface area (Å²) in [6, 6.07) is 5.23. The van der Waals surface area contributed by atoms with E-state index >= 15 is 0 Å². The molecular weight excluding hydrogens is 338 g/mol. The molecule has 1 aromatic carbocycles. The van der Waals surface area contributed by atoms with E-state index in [0.717, 1.165) is 0 Å². The fourth-order valence-electron chi connectivity index (χ4n) is 3.38. The molecule has 8 heteroatoms. The predicted molar refractivity (Wildman–Crippen MR) is 95.4 cm³/mol. The lowest BCUT2D eigenvalue weighted by Gasteiger charge is -2.19. The Morgan fingerprint density at radius 2 is 1.96 bits per heavy atom. The highest BCUT2D eigenvalue weighted by Crippen LogP contribution is 2.32. The SMILES string of the molecule is COc1cc(OC)cc(N2CC(C(=O)NCC3CNCC3O)CC2=O)c1. The number of aliphatic hydroxyl groups excluding tert-OH is 1. The average molecular weight is 363 g/mol. The lowest BCUT2D eigenvalue weighted by Crippen LogP contribution is -2.38. The van der Waals surface area contributed by atoms with Crippen LogP contribution in [0.25, 0.3) is 0 Å². The summed E-state index contributed by atoms with van der Waals surface area (Å²) in [5.41, 5.74) is 0.650. The maximum absolute atomic E-state index is 12.4. The summed E-state index contributed by atoms with van der Waals surface area (Å²) in [6.07, 6.45) is -0.280. The van der Waals surface area contributed by atoms with Crippen LogP contribution in [0.2, 0.25) is 0 Å². The first-order valence-electron chi connectivity index (χ1n) is 8.71. The van der Waals surface area contributed by atoms with Crippen molar-refractivity contribution >= 4 is 17.5 Å². The van der Waals surface area contributed by atoms with Gasteiger partial charge < -0.3 is 30.1 Å². The van der Waals surface area contributed by atoms with E-state index in [0.29, 0.717) is 43.4 Å². The molecule has 142 valence electrons. The summed E-state index contributed by atoms with van der Waals surface area (Å²) in [5, 5.41) is 15.8. The van der Waals surface area contributed by atoms with Gasteiger partial charge in [-0.1, -0.05) is 0 Å². The van der Waals surface area contributed by atoms with Crippen LogP contribution >= 0.6 is 0 Å².